The molecule has 0 aromatic heterocycles. The van der Waals surface area contributed by atoms with Gasteiger partial charge in [-0.25, -0.2) is 4.79 Å². The quantitative estimate of drug-likeness (QED) is 0.702. The third-order valence-electron chi connectivity index (χ3n) is 3.13. The van der Waals surface area contributed by atoms with Gasteiger partial charge in [0.2, 0.25) is 0 Å². The van der Waals surface area contributed by atoms with E-state index >= 15 is 0 Å². The summed E-state index contributed by atoms with van der Waals surface area (Å²) in [5.41, 5.74) is -0.420. The van der Waals surface area contributed by atoms with Gasteiger partial charge in [-0.05, 0) is 46.5 Å². The van der Waals surface area contributed by atoms with Crippen LogP contribution in [-0.2, 0) is 4.74 Å². The van der Waals surface area contributed by atoms with Crippen molar-refractivity contribution in [1.82, 2.24) is 4.90 Å². The van der Waals surface area contributed by atoms with Crippen LogP contribution in [0.5, 0.6) is 0 Å². The lowest BCUT2D eigenvalue weighted by atomic mass is 10.1. The number of hydrogen-bond donors (Lipinski definition) is 0. The first kappa shape index (κ1) is 14.1. The molecular formula is C14H25NO2. The van der Waals surface area contributed by atoms with Gasteiger partial charge in [0.15, 0.2) is 0 Å². The van der Waals surface area contributed by atoms with E-state index in [4.69, 9.17) is 4.74 Å². The molecule has 1 heterocycles. The van der Waals surface area contributed by atoms with Gasteiger partial charge in [-0.1, -0.05) is 13.0 Å². The molecule has 0 saturated carbocycles. The van der Waals surface area contributed by atoms with Crippen molar-refractivity contribution in [2.45, 2.75) is 71.1 Å². The lowest BCUT2D eigenvalue weighted by Gasteiger charge is -2.32. The van der Waals surface area contributed by atoms with Crippen LogP contribution in [-0.4, -0.2) is 28.7 Å². The summed E-state index contributed by atoms with van der Waals surface area (Å²) in [6.07, 6.45) is 5.70. The van der Waals surface area contributed by atoms with E-state index in [0.717, 1.165) is 25.7 Å². The summed E-state index contributed by atoms with van der Waals surface area (Å²) in [4.78, 5) is 14.1. The van der Waals surface area contributed by atoms with Crippen molar-refractivity contribution in [3.63, 3.8) is 0 Å². The Hall–Kier alpha value is -0.990. The molecule has 1 amide bonds. The molecule has 1 fully saturated rings. The van der Waals surface area contributed by atoms with E-state index in [1.165, 1.54) is 0 Å². The summed E-state index contributed by atoms with van der Waals surface area (Å²) in [5.74, 6) is 0. The number of carbonyl (C=O) groups is 1. The van der Waals surface area contributed by atoms with Crippen LogP contribution in [0, 0.1) is 0 Å². The minimum absolute atomic E-state index is 0.172. The summed E-state index contributed by atoms with van der Waals surface area (Å²) >= 11 is 0. The van der Waals surface area contributed by atoms with Crippen molar-refractivity contribution in [3.05, 3.63) is 12.7 Å². The zero-order valence-electron chi connectivity index (χ0n) is 11.5. The molecule has 0 aromatic carbocycles. The maximum Gasteiger partial charge on any atom is 0.410 e. The highest BCUT2D eigenvalue weighted by molar-refractivity contribution is 5.69. The van der Waals surface area contributed by atoms with Crippen molar-refractivity contribution >= 4 is 6.09 Å². The van der Waals surface area contributed by atoms with E-state index in [2.05, 4.69) is 13.5 Å². The van der Waals surface area contributed by atoms with Crippen molar-refractivity contribution in [1.29, 1.82) is 0 Å². The molecule has 1 rings (SSSR count). The van der Waals surface area contributed by atoms with Gasteiger partial charge >= 0.3 is 6.09 Å². The molecule has 0 bridgehead atoms. The summed E-state index contributed by atoms with van der Waals surface area (Å²) in [6, 6.07) is 0.599. The monoisotopic (exact) mass is 239 g/mol. The molecule has 1 unspecified atom stereocenters. The van der Waals surface area contributed by atoms with Crippen molar-refractivity contribution in [2.75, 3.05) is 0 Å². The third-order valence-corrected chi connectivity index (χ3v) is 3.13. The number of nitrogens with zero attached hydrogens (tertiary/aromatic N) is 1. The van der Waals surface area contributed by atoms with Crippen LogP contribution in [0.15, 0.2) is 12.7 Å². The summed E-state index contributed by atoms with van der Waals surface area (Å²) in [7, 11) is 0. The predicted octanol–water partition coefficient (Wildman–Crippen LogP) is 3.74. The highest BCUT2D eigenvalue weighted by Crippen LogP contribution is 2.30. The second kappa shape index (κ2) is 5.56. The Labute approximate surface area is 105 Å². The van der Waals surface area contributed by atoms with Gasteiger partial charge in [0.25, 0.3) is 0 Å². The summed E-state index contributed by atoms with van der Waals surface area (Å²) < 4.78 is 5.48. The molecule has 1 saturated heterocycles. The van der Waals surface area contributed by atoms with Crippen LogP contribution in [0.25, 0.3) is 0 Å². The van der Waals surface area contributed by atoms with Crippen LogP contribution in [0.3, 0.4) is 0 Å². The van der Waals surface area contributed by atoms with E-state index in [-0.39, 0.29) is 12.1 Å². The Balaban J connectivity index is 2.74. The van der Waals surface area contributed by atoms with E-state index in [1.54, 1.807) is 0 Å². The van der Waals surface area contributed by atoms with Gasteiger partial charge in [0.1, 0.15) is 5.60 Å². The van der Waals surface area contributed by atoms with E-state index in [0.29, 0.717) is 6.04 Å². The van der Waals surface area contributed by atoms with Crippen LogP contribution in [0.2, 0.25) is 0 Å². The Morgan fingerprint density at radius 3 is 2.47 bits per heavy atom. The molecule has 1 aliphatic heterocycles. The Morgan fingerprint density at radius 1 is 1.41 bits per heavy atom. The highest BCUT2D eigenvalue weighted by Gasteiger charge is 2.37. The zero-order valence-corrected chi connectivity index (χ0v) is 11.5. The predicted molar refractivity (Wildman–Crippen MR) is 70.0 cm³/mol. The molecule has 3 nitrogen and oxygen atoms in total. The normalized spacial score (nSPS) is 24.8. The number of likely N-dealkylation sites (tertiary alicyclic amines) is 1. The minimum atomic E-state index is -0.420. The van der Waals surface area contributed by atoms with Crippen molar-refractivity contribution in [3.8, 4) is 0 Å². The fraction of sp³-hybridized carbons (Fsp3) is 0.786. The molecular weight excluding hydrogens is 214 g/mol. The Bertz CT molecular complexity index is 280. The van der Waals surface area contributed by atoms with Crippen LogP contribution < -0.4 is 0 Å². The van der Waals surface area contributed by atoms with Crippen molar-refractivity contribution < 1.29 is 9.53 Å². The second-order valence-corrected chi connectivity index (χ2v) is 5.71. The summed E-state index contributed by atoms with van der Waals surface area (Å²) in [5, 5.41) is 0. The average molecular weight is 239 g/mol. The highest BCUT2D eigenvalue weighted by atomic mass is 16.6. The molecule has 0 N–H and O–H groups in total. The maximum absolute atomic E-state index is 12.2. The van der Waals surface area contributed by atoms with Gasteiger partial charge in [-0.15, -0.1) is 6.58 Å². The molecule has 17 heavy (non-hydrogen) atoms. The zero-order chi connectivity index (χ0) is 13.1. The fourth-order valence-corrected chi connectivity index (χ4v) is 2.40. The largest absolute Gasteiger partial charge is 0.444 e. The topological polar surface area (TPSA) is 29.5 Å². The van der Waals surface area contributed by atoms with Crippen LogP contribution in [0.1, 0.15) is 53.4 Å². The van der Waals surface area contributed by atoms with Gasteiger partial charge in [-0.2, -0.15) is 0 Å². The smallest absolute Gasteiger partial charge is 0.410 e. The number of amides is 1. The maximum atomic E-state index is 12.2. The van der Waals surface area contributed by atoms with Gasteiger partial charge < -0.3 is 9.64 Å². The lowest BCUT2D eigenvalue weighted by Crippen LogP contribution is -2.43. The molecule has 2 atom stereocenters. The molecule has 0 spiro atoms. The molecule has 0 aliphatic carbocycles. The number of rotatable bonds is 3. The van der Waals surface area contributed by atoms with Crippen molar-refractivity contribution in [2.24, 2.45) is 0 Å². The van der Waals surface area contributed by atoms with Gasteiger partial charge in [0.05, 0.1) is 0 Å². The number of ether oxygens (including phenoxy) is 1. The number of hydrogen-bond acceptors (Lipinski definition) is 2. The Kier molecular flexibility index (Phi) is 4.61. The van der Waals surface area contributed by atoms with E-state index < -0.39 is 5.60 Å². The SMILES string of the molecule is C=CCC1CC[C@@H](CC)N1C(=O)OC(C)(C)C. The first-order valence-electron chi connectivity index (χ1n) is 6.51. The lowest BCUT2D eigenvalue weighted by molar-refractivity contribution is 0.0145. The van der Waals surface area contributed by atoms with Crippen LogP contribution >= 0.6 is 0 Å². The molecule has 98 valence electrons. The Morgan fingerprint density at radius 2 is 2.00 bits per heavy atom. The van der Waals surface area contributed by atoms with Gasteiger partial charge in [0, 0.05) is 12.1 Å². The van der Waals surface area contributed by atoms with Crippen LogP contribution in [0.4, 0.5) is 4.79 Å². The molecule has 0 aromatic rings. The average Bonchev–Trinajstić information content (AvgIpc) is 2.58. The second-order valence-electron chi connectivity index (χ2n) is 5.71. The summed E-state index contributed by atoms with van der Waals surface area (Å²) in [6.45, 7) is 11.6. The number of carbonyl (C=O) groups excluding carboxylic acids is 1. The molecule has 0 radical (unpaired) electrons. The molecule has 3 heteroatoms. The third kappa shape index (κ3) is 3.76. The van der Waals surface area contributed by atoms with E-state index in [1.807, 2.05) is 31.7 Å². The van der Waals surface area contributed by atoms with E-state index in [9.17, 15) is 4.79 Å². The molecule has 1 aliphatic rings. The first-order chi connectivity index (χ1) is 7.89. The van der Waals surface area contributed by atoms with Gasteiger partial charge in [-0.3, -0.25) is 0 Å². The first-order valence-corrected chi connectivity index (χ1v) is 6.51. The minimum Gasteiger partial charge on any atom is -0.444 e. The standard InChI is InChI=1S/C14H25NO2/c1-6-8-12-10-9-11(7-2)15(12)13(16)17-14(3,4)5/h6,11-12H,1,7-10H2,2-5H3/t11-,12?/m1/s1. The fourth-order valence-electron chi connectivity index (χ4n) is 2.40.